The largest absolute Gasteiger partial charge is 0.598 e. The van der Waals surface area contributed by atoms with E-state index in [-0.39, 0.29) is 42.7 Å². The number of nitrogens with one attached hydrogen (secondary N) is 1. The van der Waals surface area contributed by atoms with Crippen LogP contribution in [-0.2, 0) is 32.9 Å². The second kappa shape index (κ2) is 16.5. The number of likely N-dealkylation sites (tertiary alicyclic amines) is 1. The molecule has 1 unspecified atom stereocenters. The van der Waals surface area contributed by atoms with Crippen molar-refractivity contribution in [2.45, 2.75) is 134 Å². The number of aryl methyl sites for hydroxylation is 1. The van der Waals surface area contributed by atoms with Gasteiger partial charge >= 0.3 is 24.4 Å². The third kappa shape index (κ3) is 11.0. The van der Waals surface area contributed by atoms with Crippen molar-refractivity contribution in [3.05, 3.63) is 81.4 Å². The van der Waals surface area contributed by atoms with E-state index in [0.717, 1.165) is 4.90 Å². The maximum absolute atomic E-state index is 14.5. The lowest BCUT2D eigenvalue weighted by Gasteiger charge is -2.49. The molecule has 314 valence electrons. The zero-order valence-electron chi connectivity index (χ0n) is 34.0. The Hall–Kier alpha value is -3.28. The lowest BCUT2D eigenvalue weighted by molar-refractivity contribution is -0.143. The number of urea groups is 1. The Morgan fingerprint density at radius 1 is 1.04 bits per heavy atom. The molecule has 1 aliphatic heterocycles. The summed E-state index contributed by atoms with van der Waals surface area (Å²) in [6, 6.07) is 2.25. The van der Waals surface area contributed by atoms with Gasteiger partial charge in [0, 0.05) is 25.0 Å². The van der Waals surface area contributed by atoms with Crippen LogP contribution in [0.5, 0.6) is 0 Å². The molecule has 1 fully saturated rings. The molecule has 0 bridgehead atoms. The fraction of sp³-hybridized carbons (Fsp3) is 0.590. The van der Waals surface area contributed by atoms with E-state index in [4.69, 9.17) is 4.43 Å². The van der Waals surface area contributed by atoms with Gasteiger partial charge in [-0.3, -0.25) is 0 Å². The van der Waals surface area contributed by atoms with Gasteiger partial charge in [-0.2, -0.15) is 26.3 Å². The van der Waals surface area contributed by atoms with Crippen LogP contribution in [0.15, 0.2) is 47.7 Å². The first-order valence-corrected chi connectivity index (χ1v) is 22.2. The molecule has 0 spiro atoms. The maximum Gasteiger partial charge on any atom is 0.416 e. The van der Waals surface area contributed by atoms with E-state index in [0.29, 0.717) is 28.8 Å². The molecule has 1 saturated heterocycles. The minimum Gasteiger partial charge on any atom is -0.598 e. The van der Waals surface area contributed by atoms with Gasteiger partial charge < -0.3 is 23.9 Å². The predicted molar refractivity (Wildman–Crippen MR) is 205 cm³/mol. The number of aliphatic carboxylic acids is 1. The quantitative estimate of drug-likeness (QED) is 0.0812. The van der Waals surface area contributed by atoms with E-state index >= 15 is 0 Å². The SMILES string of the molecule is CC(C[C@]1(N[S+]([O-])C(C)(C)C)CCN(C(=O)N(C)[C@H](C)c2cc(C(F)(F)F)cc(C(F)(F)F)c2)[C@@H](c2ccc(F)cc2C)C1)=C(O[Si](C)(C)C(C)(C)C)C(=O)O. The molecular formula is C39H54F7N3O5SSi. The van der Waals surface area contributed by atoms with Crippen molar-refractivity contribution < 1.29 is 54.4 Å². The van der Waals surface area contributed by atoms with Gasteiger partial charge in [0.05, 0.1) is 28.7 Å². The number of alkyl halides is 6. The predicted octanol–water partition coefficient (Wildman–Crippen LogP) is 10.7. The first kappa shape index (κ1) is 47.1. The number of carboxylic acid groups (broad SMARTS) is 1. The molecule has 56 heavy (non-hydrogen) atoms. The van der Waals surface area contributed by atoms with Gasteiger partial charge in [0.2, 0.25) is 0 Å². The van der Waals surface area contributed by atoms with Crippen LogP contribution in [0.4, 0.5) is 35.5 Å². The summed E-state index contributed by atoms with van der Waals surface area (Å²) in [5.41, 5.74) is -3.28. The van der Waals surface area contributed by atoms with E-state index in [9.17, 15) is 50.0 Å². The molecule has 3 rings (SSSR count). The van der Waals surface area contributed by atoms with Crippen LogP contribution in [0.1, 0.15) is 115 Å². The third-order valence-corrected chi connectivity index (χ3v) is 16.9. The lowest BCUT2D eigenvalue weighted by atomic mass is 9.77. The number of carbonyl (C=O) groups is 2. The van der Waals surface area contributed by atoms with Gasteiger partial charge in [0.1, 0.15) is 10.6 Å². The van der Waals surface area contributed by atoms with Crippen molar-refractivity contribution in [3.8, 4) is 0 Å². The molecule has 0 radical (unpaired) electrons. The summed E-state index contributed by atoms with van der Waals surface area (Å²) in [5.74, 6) is -2.07. The van der Waals surface area contributed by atoms with Gasteiger partial charge in [-0.25, -0.2) is 14.0 Å². The number of carboxylic acids is 1. The Balaban J connectivity index is 2.20. The Morgan fingerprint density at radius 2 is 1.57 bits per heavy atom. The molecular weight excluding hydrogens is 784 g/mol. The normalized spacial score (nSPS) is 20.3. The zero-order valence-corrected chi connectivity index (χ0v) is 35.8. The third-order valence-electron chi connectivity index (χ3n) is 10.8. The number of amides is 2. The summed E-state index contributed by atoms with van der Waals surface area (Å²) < 4.78 is 120. The van der Waals surface area contributed by atoms with Crippen molar-refractivity contribution >= 4 is 31.7 Å². The summed E-state index contributed by atoms with van der Waals surface area (Å²) >= 11 is -1.72. The van der Waals surface area contributed by atoms with E-state index in [2.05, 4.69) is 4.72 Å². The number of hydrogen-bond donors (Lipinski definition) is 2. The van der Waals surface area contributed by atoms with E-state index in [1.165, 1.54) is 37.1 Å². The number of hydrogen-bond acceptors (Lipinski definition) is 5. The smallest absolute Gasteiger partial charge is 0.416 e. The molecule has 2 N–H and O–H groups in total. The molecule has 1 heterocycles. The Labute approximate surface area is 329 Å². The van der Waals surface area contributed by atoms with Gasteiger partial charge in [-0.1, -0.05) is 26.8 Å². The second-order valence-electron chi connectivity index (χ2n) is 17.3. The molecule has 17 heteroatoms. The fourth-order valence-electron chi connectivity index (χ4n) is 6.35. The van der Waals surface area contributed by atoms with Crippen molar-refractivity contribution in [2.75, 3.05) is 13.6 Å². The number of halogens is 7. The van der Waals surface area contributed by atoms with Crippen LogP contribution in [-0.4, -0.2) is 63.7 Å². The van der Waals surface area contributed by atoms with Gasteiger partial charge in [0.25, 0.3) is 8.32 Å². The Morgan fingerprint density at radius 3 is 2.02 bits per heavy atom. The number of nitrogens with zero attached hydrogens (tertiary/aromatic N) is 2. The van der Waals surface area contributed by atoms with E-state index in [1.807, 2.05) is 33.9 Å². The van der Waals surface area contributed by atoms with Crippen molar-refractivity contribution in [2.24, 2.45) is 0 Å². The highest BCUT2D eigenvalue weighted by molar-refractivity contribution is 7.90. The van der Waals surface area contributed by atoms with Gasteiger partial charge in [0.15, 0.2) is 5.76 Å². The monoisotopic (exact) mass is 837 g/mol. The topological polar surface area (TPSA) is 105 Å². The van der Waals surface area contributed by atoms with E-state index < -0.39 is 88.9 Å². The van der Waals surface area contributed by atoms with Crippen molar-refractivity contribution in [3.63, 3.8) is 0 Å². The maximum atomic E-state index is 14.5. The minimum absolute atomic E-state index is 0.0144. The first-order valence-electron chi connectivity index (χ1n) is 18.1. The standard InChI is InChI=1S/C39H54F7N3O5SSi/c1-23-17-29(40)13-14-30(23)31-22-37(47-55(53)35(4,5)6,21-24(2)32(33(50)51)54-56(11,12)36(7,8)9)15-16-49(31)34(52)48(10)25(3)26-18-27(38(41,42)43)20-28(19-26)39(44,45)46/h13-14,17-20,25,31,47H,15-16,21-22H2,1-12H3,(H,50,51)/t25-,31-,37-,55?/m1/s1. The number of rotatable bonds is 10. The van der Waals surface area contributed by atoms with Crippen LogP contribution in [0.3, 0.4) is 0 Å². The molecule has 4 atom stereocenters. The van der Waals surface area contributed by atoms with Crippen LogP contribution in [0.25, 0.3) is 0 Å². The Bertz CT molecular complexity index is 1770. The molecule has 2 amide bonds. The number of benzene rings is 2. The molecule has 2 aromatic rings. The molecule has 0 saturated carbocycles. The number of carbonyl (C=O) groups excluding carboxylic acids is 1. The summed E-state index contributed by atoms with van der Waals surface area (Å²) in [7, 11) is -1.40. The molecule has 0 aromatic heterocycles. The lowest BCUT2D eigenvalue weighted by Crippen LogP contribution is -2.60. The molecule has 2 aromatic carbocycles. The van der Waals surface area contributed by atoms with Crippen molar-refractivity contribution in [1.29, 1.82) is 0 Å². The van der Waals surface area contributed by atoms with Crippen LogP contribution >= 0.6 is 0 Å². The van der Waals surface area contributed by atoms with Crippen molar-refractivity contribution in [1.82, 2.24) is 14.5 Å². The van der Waals surface area contributed by atoms with Crippen LogP contribution in [0, 0.1) is 12.7 Å². The van der Waals surface area contributed by atoms with Crippen LogP contribution < -0.4 is 4.72 Å². The van der Waals surface area contributed by atoms with Crippen LogP contribution in [0.2, 0.25) is 18.1 Å². The highest BCUT2D eigenvalue weighted by Crippen LogP contribution is 2.45. The van der Waals surface area contributed by atoms with E-state index in [1.54, 1.807) is 34.6 Å². The molecule has 1 aliphatic rings. The zero-order chi connectivity index (χ0) is 43.1. The summed E-state index contributed by atoms with van der Waals surface area (Å²) in [5, 5.41) is 10.0. The fourth-order valence-corrected chi connectivity index (χ4v) is 8.39. The minimum atomic E-state index is -5.09. The average molecular weight is 838 g/mol. The molecule has 0 aliphatic carbocycles. The van der Waals surface area contributed by atoms with Gasteiger partial charge in [-0.05, 0) is 132 Å². The highest BCUT2D eigenvalue weighted by Gasteiger charge is 2.49. The second-order valence-corrected chi connectivity index (χ2v) is 24.0. The summed E-state index contributed by atoms with van der Waals surface area (Å²) in [4.78, 5) is 29.6. The molecule has 8 nitrogen and oxygen atoms in total. The van der Waals surface area contributed by atoms with Gasteiger partial charge in [-0.15, -0.1) is 4.72 Å². The highest BCUT2D eigenvalue weighted by atomic mass is 32.2. The Kier molecular flexibility index (Phi) is 13.9. The first-order chi connectivity index (χ1) is 25.2. The average Bonchev–Trinajstić information content (AvgIpc) is 3.04. The summed E-state index contributed by atoms with van der Waals surface area (Å²) in [6.45, 7) is 19.5. The number of piperidine rings is 1. The summed E-state index contributed by atoms with van der Waals surface area (Å²) in [6.07, 6.45) is -10.1.